The fourth-order valence-corrected chi connectivity index (χ4v) is 0.932. The number of ether oxygens (including phenoxy) is 1. The molecule has 11 heavy (non-hydrogen) atoms. The van der Waals surface area contributed by atoms with Crippen molar-refractivity contribution in [3.8, 4) is 0 Å². The minimum absolute atomic E-state index is 0.366. The van der Waals surface area contributed by atoms with Gasteiger partial charge in [0.05, 0.1) is 0 Å². The van der Waals surface area contributed by atoms with Crippen LogP contribution in [0.5, 0.6) is 0 Å². The van der Waals surface area contributed by atoms with Crippen LogP contribution < -0.4 is 0 Å². The van der Waals surface area contributed by atoms with Gasteiger partial charge in [0.15, 0.2) is 0 Å². The molecule has 0 spiro atoms. The van der Waals surface area contributed by atoms with Crippen LogP contribution >= 0.6 is 0 Å². The first-order chi connectivity index (χ1) is 5.33. The molecule has 0 fully saturated rings. The highest BCUT2D eigenvalue weighted by atomic mass is 16.5. The number of benzene rings is 1. The first-order valence-corrected chi connectivity index (χ1v) is 3.44. The number of carbonyl (C=O) groups excluding carboxylic acids is 1. The maximum Gasteiger partial charge on any atom is 0.293 e. The molecule has 2 heteroatoms. The molecule has 0 radical (unpaired) electrons. The lowest BCUT2D eigenvalue weighted by atomic mass is 10.1. The average molecular weight is 150 g/mol. The quantitative estimate of drug-likeness (QED) is 0.612. The van der Waals surface area contributed by atoms with E-state index in [2.05, 4.69) is 4.74 Å². The fourth-order valence-electron chi connectivity index (χ4n) is 0.932. The second-order valence-electron chi connectivity index (χ2n) is 2.40. The van der Waals surface area contributed by atoms with Crippen molar-refractivity contribution in [3.63, 3.8) is 0 Å². The molecule has 0 aliphatic heterocycles. The van der Waals surface area contributed by atoms with Gasteiger partial charge in [-0.25, -0.2) is 0 Å². The third kappa shape index (κ3) is 2.42. The number of hydrogen-bond acceptors (Lipinski definition) is 2. The smallest absolute Gasteiger partial charge is 0.293 e. The lowest BCUT2D eigenvalue weighted by Crippen LogP contribution is -1.89. The Morgan fingerprint density at radius 3 is 3.00 bits per heavy atom. The van der Waals surface area contributed by atoms with Crippen LogP contribution in [0.15, 0.2) is 24.3 Å². The van der Waals surface area contributed by atoms with E-state index >= 15 is 0 Å². The highest BCUT2D eigenvalue weighted by Crippen LogP contribution is 2.04. The minimum Gasteiger partial charge on any atom is -0.463 e. The molecule has 0 aliphatic carbocycles. The molecule has 0 bridgehead atoms. The van der Waals surface area contributed by atoms with Gasteiger partial charge in [0, 0.05) is 0 Å². The Hall–Kier alpha value is -1.31. The molecule has 58 valence electrons. The van der Waals surface area contributed by atoms with Gasteiger partial charge >= 0.3 is 0 Å². The molecule has 2 nitrogen and oxygen atoms in total. The maximum atomic E-state index is 9.84. The van der Waals surface area contributed by atoms with Crippen LogP contribution in [0, 0.1) is 6.92 Å². The molecule has 1 rings (SSSR count). The minimum atomic E-state index is 0.366. The third-order valence-corrected chi connectivity index (χ3v) is 1.40. The summed E-state index contributed by atoms with van der Waals surface area (Å²) in [7, 11) is 0. The fraction of sp³-hybridized carbons (Fsp3) is 0.222. The second-order valence-corrected chi connectivity index (χ2v) is 2.40. The van der Waals surface area contributed by atoms with Crippen LogP contribution in [0.25, 0.3) is 0 Å². The summed E-state index contributed by atoms with van der Waals surface area (Å²) in [6, 6.07) is 7.86. The van der Waals surface area contributed by atoms with Crippen molar-refractivity contribution in [1.82, 2.24) is 0 Å². The predicted molar refractivity (Wildman–Crippen MR) is 42.0 cm³/mol. The standard InChI is InChI=1S/C9H10O2/c1-8-3-2-4-9(5-8)6-11-7-10/h2-5,7H,6H2,1H3. The number of aryl methyl sites for hydroxylation is 1. The summed E-state index contributed by atoms with van der Waals surface area (Å²) in [6.07, 6.45) is 0. The largest absolute Gasteiger partial charge is 0.463 e. The van der Waals surface area contributed by atoms with E-state index in [0.29, 0.717) is 13.1 Å². The van der Waals surface area contributed by atoms with Gasteiger partial charge in [-0.3, -0.25) is 4.79 Å². The number of hydrogen-bond donors (Lipinski definition) is 0. The van der Waals surface area contributed by atoms with Crippen molar-refractivity contribution in [2.45, 2.75) is 13.5 Å². The molecule has 1 aromatic rings. The summed E-state index contributed by atoms with van der Waals surface area (Å²) in [4.78, 5) is 9.84. The molecular weight excluding hydrogens is 140 g/mol. The molecular formula is C9H10O2. The molecule has 0 heterocycles. The molecule has 0 saturated heterocycles. The van der Waals surface area contributed by atoms with Gasteiger partial charge in [0.2, 0.25) is 0 Å². The Bertz CT molecular complexity index is 243. The van der Waals surface area contributed by atoms with Crippen molar-refractivity contribution < 1.29 is 9.53 Å². The predicted octanol–water partition coefficient (Wildman–Crippen LogP) is 1.67. The van der Waals surface area contributed by atoms with E-state index in [0.717, 1.165) is 5.56 Å². The van der Waals surface area contributed by atoms with Crippen LogP contribution in [-0.2, 0) is 16.1 Å². The van der Waals surface area contributed by atoms with Crippen molar-refractivity contribution >= 4 is 6.47 Å². The summed E-state index contributed by atoms with van der Waals surface area (Å²) in [6.45, 7) is 2.83. The van der Waals surface area contributed by atoms with Crippen LogP contribution in [0.1, 0.15) is 11.1 Å². The first-order valence-electron chi connectivity index (χ1n) is 3.44. The molecule has 0 aliphatic rings. The number of rotatable bonds is 3. The highest BCUT2D eigenvalue weighted by molar-refractivity contribution is 5.37. The van der Waals surface area contributed by atoms with Gasteiger partial charge in [-0.05, 0) is 12.5 Å². The Morgan fingerprint density at radius 2 is 2.36 bits per heavy atom. The summed E-state index contributed by atoms with van der Waals surface area (Å²) < 4.78 is 4.59. The van der Waals surface area contributed by atoms with Crippen LogP contribution in [-0.4, -0.2) is 6.47 Å². The second kappa shape index (κ2) is 3.76. The van der Waals surface area contributed by atoms with Gasteiger partial charge in [-0.1, -0.05) is 29.8 Å². The van der Waals surface area contributed by atoms with E-state index in [9.17, 15) is 4.79 Å². The summed E-state index contributed by atoms with van der Waals surface area (Å²) in [5.74, 6) is 0. The molecule has 0 atom stereocenters. The van der Waals surface area contributed by atoms with E-state index in [1.165, 1.54) is 5.56 Å². The van der Waals surface area contributed by atoms with Gasteiger partial charge in [-0.2, -0.15) is 0 Å². The van der Waals surface area contributed by atoms with Gasteiger partial charge < -0.3 is 4.74 Å². The zero-order valence-corrected chi connectivity index (χ0v) is 6.41. The zero-order chi connectivity index (χ0) is 8.10. The van der Waals surface area contributed by atoms with Crippen LogP contribution in [0.3, 0.4) is 0 Å². The van der Waals surface area contributed by atoms with E-state index in [1.54, 1.807) is 0 Å². The Morgan fingerprint density at radius 1 is 1.55 bits per heavy atom. The van der Waals surface area contributed by atoms with Crippen LogP contribution in [0.2, 0.25) is 0 Å². The normalized spacial score (nSPS) is 9.18. The Balaban J connectivity index is 2.63. The van der Waals surface area contributed by atoms with E-state index in [4.69, 9.17) is 0 Å². The molecule has 1 aromatic carbocycles. The van der Waals surface area contributed by atoms with Crippen molar-refractivity contribution in [2.24, 2.45) is 0 Å². The van der Waals surface area contributed by atoms with Gasteiger partial charge in [0.25, 0.3) is 6.47 Å². The monoisotopic (exact) mass is 150 g/mol. The van der Waals surface area contributed by atoms with E-state index in [-0.39, 0.29) is 0 Å². The number of carbonyl (C=O) groups is 1. The van der Waals surface area contributed by atoms with Crippen molar-refractivity contribution in [1.29, 1.82) is 0 Å². The molecule has 0 unspecified atom stereocenters. The van der Waals surface area contributed by atoms with Gasteiger partial charge in [-0.15, -0.1) is 0 Å². The summed E-state index contributed by atoms with van der Waals surface area (Å²) in [5.41, 5.74) is 2.20. The van der Waals surface area contributed by atoms with Crippen molar-refractivity contribution in [2.75, 3.05) is 0 Å². The summed E-state index contributed by atoms with van der Waals surface area (Å²) in [5, 5.41) is 0. The van der Waals surface area contributed by atoms with Crippen molar-refractivity contribution in [3.05, 3.63) is 35.4 Å². The highest BCUT2D eigenvalue weighted by Gasteiger charge is 1.91. The third-order valence-electron chi connectivity index (χ3n) is 1.40. The Kier molecular flexibility index (Phi) is 2.66. The molecule has 0 saturated carbocycles. The lowest BCUT2D eigenvalue weighted by molar-refractivity contribution is -0.129. The SMILES string of the molecule is Cc1cccc(COC=O)c1. The van der Waals surface area contributed by atoms with Crippen LogP contribution in [0.4, 0.5) is 0 Å². The zero-order valence-electron chi connectivity index (χ0n) is 6.41. The lowest BCUT2D eigenvalue weighted by Gasteiger charge is -1.99. The maximum absolute atomic E-state index is 9.84. The Labute approximate surface area is 65.8 Å². The first kappa shape index (κ1) is 7.79. The molecule has 0 amide bonds. The van der Waals surface area contributed by atoms with E-state index in [1.807, 2.05) is 31.2 Å². The van der Waals surface area contributed by atoms with E-state index < -0.39 is 0 Å². The summed E-state index contributed by atoms with van der Waals surface area (Å²) >= 11 is 0. The van der Waals surface area contributed by atoms with Gasteiger partial charge in [0.1, 0.15) is 6.61 Å². The molecule has 0 N–H and O–H groups in total. The average Bonchev–Trinajstić information content (AvgIpc) is 2.01. The molecule has 0 aromatic heterocycles. The topological polar surface area (TPSA) is 26.3 Å².